The first kappa shape index (κ1) is 19.8. The van der Waals surface area contributed by atoms with Gasteiger partial charge in [0.05, 0.1) is 24.3 Å². The summed E-state index contributed by atoms with van der Waals surface area (Å²) in [5, 5.41) is 3.25. The van der Waals surface area contributed by atoms with E-state index in [1.54, 1.807) is 17.2 Å². The lowest BCUT2D eigenvalue weighted by molar-refractivity contribution is -0.134. The normalized spacial score (nSPS) is 22.0. The third-order valence-corrected chi connectivity index (χ3v) is 6.71. The van der Waals surface area contributed by atoms with Gasteiger partial charge < -0.3 is 19.2 Å². The number of rotatable bonds is 4. The van der Waals surface area contributed by atoms with E-state index in [2.05, 4.69) is 10.3 Å². The molecule has 1 N–H and O–H groups in total. The molecule has 2 amide bonds. The lowest BCUT2D eigenvalue weighted by Crippen LogP contribution is -2.64. The number of amides is 2. The smallest absolute Gasteiger partial charge is 0.271 e. The summed E-state index contributed by atoms with van der Waals surface area (Å²) in [7, 11) is 0. The molecule has 2 aliphatic rings. The summed E-state index contributed by atoms with van der Waals surface area (Å²) in [5.74, 6) is 0.510. The van der Waals surface area contributed by atoms with Gasteiger partial charge in [0.25, 0.3) is 5.91 Å². The second-order valence-electron chi connectivity index (χ2n) is 9.02. The molecular weight excluding hydrogens is 392 g/mol. The van der Waals surface area contributed by atoms with E-state index in [1.165, 1.54) is 6.42 Å². The zero-order valence-corrected chi connectivity index (χ0v) is 18.1. The summed E-state index contributed by atoms with van der Waals surface area (Å²) in [4.78, 5) is 33.4. The van der Waals surface area contributed by atoms with E-state index < -0.39 is 5.54 Å². The number of hydrogen-bond donors (Lipinski definition) is 1. The molecule has 0 radical (unpaired) electrons. The number of nitrogens with zero attached hydrogens (tertiary/aromatic N) is 3. The van der Waals surface area contributed by atoms with Gasteiger partial charge in [0, 0.05) is 24.4 Å². The largest absolute Gasteiger partial charge is 0.460 e. The van der Waals surface area contributed by atoms with Crippen molar-refractivity contribution in [3.05, 3.63) is 53.7 Å². The molecule has 1 aliphatic heterocycles. The van der Waals surface area contributed by atoms with Crippen LogP contribution in [0.25, 0.3) is 11.1 Å². The van der Waals surface area contributed by atoms with Gasteiger partial charge in [-0.2, -0.15) is 0 Å². The zero-order valence-electron chi connectivity index (χ0n) is 18.1. The predicted octanol–water partition coefficient (Wildman–Crippen LogP) is 3.80. The van der Waals surface area contributed by atoms with Crippen molar-refractivity contribution in [1.29, 1.82) is 0 Å². The zero-order chi connectivity index (χ0) is 21.6. The Labute approximate surface area is 181 Å². The minimum absolute atomic E-state index is 0.101. The molecule has 162 valence electrons. The third-order valence-electron chi connectivity index (χ3n) is 6.71. The number of aryl methyl sites for hydroxylation is 1. The number of aromatic nitrogens is 2. The van der Waals surface area contributed by atoms with Crippen LogP contribution in [0.15, 0.2) is 40.9 Å². The van der Waals surface area contributed by atoms with Gasteiger partial charge in [-0.3, -0.25) is 14.6 Å². The number of pyridine rings is 1. The van der Waals surface area contributed by atoms with Crippen LogP contribution in [0.4, 0.5) is 0 Å². The summed E-state index contributed by atoms with van der Waals surface area (Å²) in [6.07, 6.45) is 7.19. The van der Waals surface area contributed by atoms with Crippen LogP contribution in [0.5, 0.6) is 0 Å². The highest BCUT2D eigenvalue weighted by Gasteiger charge is 2.48. The van der Waals surface area contributed by atoms with Gasteiger partial charge in [-0.25, -0.2) is 0 Å². The van der Waals surface area contributed by atoms with Gasteiger partial charge in [0.1, 0.15) is 17.0 Å². The molecule has 0 bridgehead atoms. The number of nitrogens with one attached hydrogen (secondary N) is 1. The molecule has 0 spiro atoms. The van der Waals surface area contributed by atoms with Gasteiger partial charge in [-0.05, 0) is 38.8 Å². The van der Waals surface area contributed by atoms with E-state index in [4.69, 9.17) is 4.42 Å². The van der Waals surface area contributed by atoms with Crippen LogP contribution in [0, 0.1) is 6.92 Å². The SMILES string of the molecule is Cc1cc2c(cc3n2CC(C)(C(=O)NC2CCCCC2)N(Cc2ccccn2)C3=O)o1. The van der Waals surface area contributed by atoms with Crippen LogP contribution in [-0.4, -0.2) is 37.8 Å². The van der Waals surface area contributed by atoms with Crippen molar-refractivity contribution < 1.29 is 14.0 Å². The van der Waals surface area contributed by atoms with Crippen molar-refractivity contribution >= 4 is 22.9 Å². The number of furan rings is 1. The second-order valence-corrected chi connectivity index (χ2v) is 9.02. The number of hydrogen-bond acceptors (Lipinski definition) is 4. The molecule has 7 heteroatoms. The maximum absolute atomic E-state index is 13.6. The molecule has 3 aromatic rings. The summed E-state index contributed by atoms with van der Waals surface area (Å²) in [6.45, 7) is 4.41. The lowest BCUT2D eigenvalue weighted by atomic mass is 9.91. The van der Waals surface area contributed by atoms with E-state index in [-0.39, 0.29) is 24.4 Å². The van der Waals surface area contributed by atoms with Crippen molar-refractivity contribution in [2.24, 2.45) is 0 Å². The molecule has 31 heavy (non-hydrogen) atoms. The van der Waals surface area contributed by atoms with Crippen molar-refractivity contribution in [2.75, 3.05) is 0 Å². The Morgan fingerprint density at radius 2 is 2.06 bits per heavy atom. The Morgan fingerprint density at radius 3 is 2.81 bits per heavy atom. The highest BCUT2D eigenvalue weighted by atomic mass is 16.3. The van der Waals surface area contributed by atoms with Crippen LogP contribution in [0.2, 0.25) is 0 Å². The topological polar surface area (TPSA) is 80.4 Å². The Kier molecular flexibility index (Phi) is 4.84. The Balaban J connectivity index is 1.54. The second kappa shape index (κ2) is 7.55. The van der Waals surface area contributed by atoms with E-state index in [9.17, 15) is 9.59 Å². The third kappa shape index (κ3) is 3.42. The first-order valence-electron chi connectivity index (χ1n) is 11.1. The van der Waals surface area contributed by atoms with Crippen LogP contribution < -0.4 is 5.32 Å². The molecule has 5 rings (SSSR count). The van der Waals surface area contributed by atoms with Gasteiger partial charge in [0.15, 0.2) is 5.58 Å². The number of carbonyl (C=O) groups is 2. The summed E-state index contributed by atoms with van der Waals surface area (Å²) in [6, 6.07) is 9.52. The van der Waals surface area contributed by atoms with E-state index >= 15 is 0 Å². The standard InChI is InChI=1S/C24H28N4O3/c1-16-12-19-21(31-16)13-20-22(29)28(14-18-10-6-7-11-25-18)24(2,15-27(19)20)23(30)26-17-8-4-3-5-9-17/h6-7,10-13,17H,3-5,8-9,14-15H2,1-2H3,(H,26,30). The minimum atomic E-state index is -1.03. The fourth-order valence-corrected chi connectivity index (χ4v) is 4.95. The van der Waals surface area contributed by atoms with E-state index in [0.717, 1.165) is 42.7 Å². The van der Waals surface area contributed by atoms with Crippen molar-refractivity contribution in [1.82, 2.24) is 19.8 Å². The van der Waals surface area contributed by atoms with Gasteiger partial charge in [-0.1, -0.05) is 25.3 Å². The summed E-state index contributed by atoms with van der Waals surface area (Å²) < 4.78 is 7.70. The fraction of sp³-hybridized carbons (Fsp3) is 0.458. The van der Waals surface area contributed by atoms with Crippen molar-refractivity contribution in [2.45, 2.75) is 70.6 Å². The molecule has 0 saturated heterocycles. The molecule has 1 saturated carbocycles. The van der Waals surface area contributed by atoms with Crippen molar-refractivity contribution in [3.8, 4) is 0 Å². The molecule has 1 unspecified atom stereocenters. The first-order valence-corrected chi connectivity index (χ1v) is 11.1. The number of fused-ring (bicyclic) bond motifs is 3. The average molecular weight is 421 g/mol. The summed E-state index contributed by atoms with van der Waals surface area (Å²) >= 11 is 0. The van der Waals surface area contributed by atoms with Crippen LogP contribution in [-0.2, 0) is 17.9 Å². The highest BCUT2D eigenvalue weighted by molar-refractivity contribution is 6.03. The van der Waals surface area contributed by atoms with E-state index in [1.807, 2.05) is 42.7 Å². The Bertz CT molecular complexity index is 1130. The Morgan fingerprint density at radius 1 is 1.26 bits per heavy atom. The van der Waals surface area contributed by atoms with Crippen LogP contribution >= 0.6 is 0 Å². The lowest BCUT2D eigenvalue weighted by Gasteiger charge is -2.44. The molecule has 1 aliphatic carbocycles. The first-order chi connectivity index (χ1) is 15.0. The van der Waals surface area contributed by atoms with Gasteiger partial charge >= 0.3 is 0 Å². The fourth-order valence-electron chi connectivity index (χ4n) is 4.95. The quantitative estimate of drug-likeness (QED) is 0.696. The number of carbonyl (C=O) groups excluding carboxylic acids is 2. The highest BCUT2D eigenvalue weighted by Crippen LogP contribution is 2.34. The Hall–Kier alpha value is -3.09. The van der Waals surface area contributed by atoms with E-state index in [0.29, 0.717) is 17.8 Å². The predicted molar refractivity (Wildman–Crippen MR) is 116 cm³/mol. The molecule has 4 heterocycles. The molecule has 3 aromatic heterocycles. The molecular formula is C24H28N4O3. The van der Waals surface area contributed by atoms with Gasteiger partial charge in [0.2, 0.25) is 5.91 Å². The average Bonchev–Trinajstić information content (AvgIpc) is 3.29. The molecule has 7 nitrogen and oxygen atoms in total. The minimum Gasteiger partial charge on any atom is -0.460 e. The monoisotopic (exact) mass is 420 g/mol. The van der Waals surface area contributed by atoms with Crippen molar-refractivity contribution in [3.63, 3.8) is 0 Å². The summed E-state index contributed by atoms with van der Waals surface area (Å²) in [5.41, 5.74) is 1.81. The maximum Gasteiger partial charge on any atom is 0.271 e. The van der Waals surface area contributed by atoms with Gasteiger partial charge in [-0.15, -0.1) is 0 Å². The molecule has 0 aromatic carbocycles. The van der Waals surface area contributed by atoms with Crippen LogP contribution in [0.1, 0.15) is 61.0 Å². The van der Waals surface area contributed by atoms with Crippen LogP contribution in [0.3, 0.4) is 0 Å². The molecule has 1 atom stereocenters. The maximum atomic E-state index is 13.6. The molecule has 1 fully saturated rings.